The number of hydrogen-bond donors (Lipinski definition) is 2. The summed E-state index contributed by atoms with van der Waals surface area (Å²) in [6, 6.07) is 3.25. The number of hydrogen-bond acceptors (Lipinski definition) is 6. The molecule has 0 aromatic carbocycles. The number of halogens is 1. The molecule has 3 heterocycles. The molecule has 2 atom stereocenters. The highest BCUT2D eigenvalue weighted by atomic mass is 19.1. The van der Waals surface area contributed by atoms with E-state index in [1.165, 1.54) is 12.1 Å². The summed E-state index contributed by atoms with van der Waals surface area (Å²) in [6.07, 6.45) is 1.75. The van der Waals surface area contributed by atoms with E-state index in [0.29, 0.717) is 30.8 Å². The first-order valence-corrected chi connectivity index (χ1v) is 6.51. The molecule has 2 aliphatic heterocycles. The highest BCUT2D eigenvalue weighted by molar-refractivity contribution is 5.74. The van der Waals surface area contributed by atoms with Crippen LogP contribution >= 0.6 is 0 Å². The second kappa shape index (κ2) is 7.53. The maximum absolute atomic E-state index is 12.1. The number of amidine groups is 1. The average molecular weight is 296 g/mol. The lowest BCUT2D eigenvalue weighted by Gasteiger charge is -2.23. The molecule has 1 saturated heterocycles. The Morgan fingerprint density at radius 2 is 2.29 bits per heavy atom. The minimum Gasteiger partial charge on any atom is -0.459 e. The number of ether oxygens (including phenoxy) is 2. The topological polar surface area (TPSA) is 84.8 Å². The summed E-state index contributed by atoms with van der Waals surface area (Å²) in [4.78, 5) is 17.6. The van der Waals surface area contributed by atoms with Crippen molar-refractivity contribution < 1.29 is 18.7 Å². The Labute approximate surface area is 121 Å². The van der Waals surface area contributed by atoms with Crippen molar-refractivity contribution in [3.8, 4) is 0 Å². The molecule has 21 heavy (non-hydrogen) atoms. The fraction of sp³-hybridized carbons (Fsp3) is 0.462. The van der Waals surface area contributed by atoms with Gasteiger partial charge in [-0.2, -0.15) is 0 Å². The first kappa shape index (κ1) is 15.2. The second-order valence-electron chi connectivity index (χ2n) is 4.47. The van der Waals surface area contributed by atoms with E-state index in [1.807, 2.05) is 7.05 Å². The molecule has 8 heteroatoms. The van der Waals surface area contributed by atoms with Crippen LogP contribution in [0.3, 0.4) is 0 Å². The van der Waals surface area contributed by atoms with E-state index in [9.17, 15) is 9.18 Å². The van der Waals surface area contributed by atoms with Crippen LogP contribution in [0.5, 0.6) is 0 Å². The van der Waals surface area contributed by atoms with E-state index in [0.717, 1.165) is 19.3 Å². The predicted molar refractivity (Wildman–Crippen MR) is 74.4 cm³/mol. The summed E-state index contributed by atoms with van der Waals surface area (Å²) in [7, 11) is 1.81. The minimum atomic E-state index is -0.420. The minimum absolute atomic E-state index is 0.231. The van der Waals surface area contributed by atoms with Crippen LogP contribution in [0.15, 0.2) is 23.3 Å². The van der Waals surface area contributed by atoms with Crippen LogP contribution in [0.2, 0.25) is 0 Å². The predicted octanol–water partition coefficient (Wildman–Crippen LogP) is 0.396. The van der Waals surface area contributed by atoms with Gasteiger partial charge in [0.15, 0.2) is 0 Å². The SMILES string of the molecule is CNC1=NC[C@H]2COC[C@H]2O1.O=CNc1ccc(F)cn1. The highest BCUT2D eigenvalue weighted by Gasteiger charge is 2.33. The zero-order valence-electron chi connectivity index (χ0n) is 11.6. The second-order valence-corrected chi connectivity index (χ2v) is 4.47. The molecule has 0 bridgehead atoms. The molecule has 1 aromatic heterocycles. The zero-order valence-corrected chi connectivity index (χ0v) is 11.6. The molecule has 1 fully saturated rings. The number of amides is 1. The molecular weight excluding hydrogens is 279 g/mol. The maximum Gasteiger partial charge on any atom is 0.284 e. The Kier molecular flexibility index (Phi) is 5.44. The lowest BCUT2D eigenvalue weighted by molar-refractivity contribution is -0.105. The van der Waals surface area contributed by atoms with Crippen LogP contribution in [0.1, 0.15) is 0 Å². The lowest BCUT2D eigenvalue weighted by atomic mass is 10.1. The summed E-state index contributed by atoms with van der Waals surface area (Å²) >= 11 is 0. The Hall–Kier alpha value is -2.22. The number of aliphatic imine (C=N–C) groups is 1. The summed E-state index contributed by atoms with van der Waals surface area (Å²) in [5.41, 5.74) is 0. The van der Waals surface area contributed by atoms with Crippen molar-refractivity contribution in [1.29, 1.82) is 0 Å². The highest BCUT2D eigenvalue weighted by Crippen LogP contribution is 2.20. The van der Waals surface area contributed by atoms with Crippen molar-refractivity contribution >= 4 is 18.2 Å². The Morgan fingerprint density at radius 3 is 2.95 bits per heavy atom. The van der Waals surface area contributed by atoms with Gasteiger partial charge in [0.1, 0.15) is 17.7 Å². The van der Waals surface area contributed by atoms with Gasteiger partial charge >= 0.3 is 0 Å². The molecule has 0 spiro atoms. The van der Waals surface area contributed by atoms with Crippen molar-refractivity contribution in [3.63, 3.8) is 0 Å². The molecule has 2 N–H and O–H groups in total. The zero-order chi connectivity index (χ0) is 15.1. The molecule has 114 valence electrons. The molecule has 3 rings (SSSR count). The quantitative estimate of drug-likeness (QED) is 0.772. The van der Waals surface area contributed by atoms with Crippen LogP contribution in [0.4, 0.5) is 10.2 Å². The summed E-state index contributed by atoms with van der Waals surface area (Å²) in [6.45, 7) is 2.34. The van der Waals surface area contributed by atoms with Gasteiger partial charge in [-0.05, 0) is 12.1 Å². The molecular formula is C13H17FN4O3. The number of rotatable bonds is 2. The van der Waals surface area contributed by atoms with Crippen LogP contribution < -0.4 is 10.6 Å². The standard InChI is InChI=1S/C7H12N2O2.C6H5FN2O/c1-8-7-9-2-5-3-10-4-6(5)11-7;7-5-1-2-6(8-3-5)9-4-10/h5-6H,2-4H2,1H3,(H,8,9);1-4H,(H,8,9,10)/t5-,6+;/m0./s1. The van der Waals surface area contributed by atoms with Gasteiger partial charge in [-0.15, -0.1) is 0 Å². The molecule has 7 nitrogen and oxygen atoms in total. The van der Waals surface area contributed by atoms with Gasteiger partial charge in [0.05, 0.1) is 26.0 Å². The van der Waals surface area contributed by atoms with E-state index >= 15 is 0 Å². The third-order valence-electron chi connectivity index (χ3n) is 3.02. The molecule has 0 aliphatic carbocycles. The third-order valence-corrected chi connectivity index (χ3v) is 3.02. The summed E-state index contributed by atoms with van der Waals surface area (Å²) in [5, 5.41) is 5.17. The normalized spacial score (nSPS) is 22.9. The maximum atomic E-state index is 12.1. The first-order chi connectivity index (χ1) is 10.2. The number of anilines is 1. The van der Waals surface area contributed by atoms with Crippen LogP contribution in [0.25, 0.3) is 0 Å². The van der Waals surface area contributed by atoms with Crippen molar-refractivity contribution in [1.82, 2.24) is 10.3 Å². The Bertz CT molecular complexity index is 495. The number of carbonyl (C=O) groups excluding carboxylic acids is 1. The molecule has 1 amide bonds. The molecule has 0 saturated carbocycles. The van der Waals surface area contributed by atoms with Crippen LogP contribution in [-0.4, -0.2) is 50.3 Å². The molecule has 1 aromatic rings. The van der Waals surface area contributed by atoms with Gasteiger partial charge in [0.2, 0.25) is 6.41 Å². The average Bonchev–Trinajstić information content (AvgIpc) is 2.98. The molecule has 0 radical (unpaired) electrons. The summed E-state index contributed by atoms with van der Waals surface area (Å²) < 4.78 is 22.9. The number of nitrogens with zero attached hydrogens (tertiary/aromatic N) is 2. The molecule has 2 aliphatic rings. The number of nitrogens with one attached hydrogen (secondary N) is 2. The van der Waals surface area contributed by atoms with Gasteiger partial charge in [0.25, 0.3) is 6.02 Å². The van der Waals surface area contributed by atoms with Crippen LogP contribution in [0, 0.1) is 11.7 Å². The van der Waals surface area contributed by atoms with Gasteiger partial charge in [-0.1, -0.05) is 0 Å². The molecule has 0 unspecified atom stereocenters. The van der Waals surface area contributed by atoms with E-state index in [1.54, 1.807) is 0 Å². The van der Waals surface area contributed by atoms with Crippen molar-refractivity contribution in [2.45, 2.75) is 6.10 Å². The monoisotopic (exact) mass is 296 g/mol. The largest absolute Gasteiger partial charge is 0.459 e. The number of aromatic nitrogens is 1. The van der Waals surface area contributed by atoms with E-state index in [-0.39, 0.29) is 6.10 Å². The number of carbonyl (C=O) groups is 1. The fourth-order valence-electron chi connectivity index (χ4n) is 1.92. The first-order valence-electron chi connectivity index (χ1n) is 6.51. The Morgan fingerprint density at radius 1 is 1.43 bits per heavy atom. The number of pyridine rings is 1. The van der Waals surface area contributed by atoms with Crippen LogP contribution in [-0.2, 0) is 14.3 Å². The fourth-order valence-corrected chi connectivity index (χ4v) is 1.92. The lowest BCUT2D eigenvalue weighted by Crippen LogP contribution is -2.37. The summed E-state index contributed by atoms with van der Waals surface area (Å²) in [5.74, 6) is 0.403. The van der Waals surface area contributed by atoms with E-state index < -0.39 is 5.82 Å². The van der Waals surface area contributed by atoms with Gasteiger partial charge in [-0.3, -0.25) is 4.79 Å². The van der Waals surface area contributed by atoms with Gasteiger partial charge < -0.3 is 20.1 Å². The smallest absolute Gasteiger partial charge is 0.284 e. The van der Waals surface area contributed by atoms with Crippen molar-refractivity contribution in [3.05, 3.63) is 24.1 Å². The third kappa shape index (κ3) is 4.38. The Balaban J connectivity index is 0.000000155. The van der Waals surface area contributed by atoms with Gasteiger partial charge in [-0.25, -0.2) is 14.4 Å². The van der Waals surface area contributed by atoms with Crippen molar-refractivity contribution in [2.75, 3.05) is 32.1 Å². The van der Waals surface area contributed by atoms with E-state index in [2.05, 4.69) is 20.6 Å². The van der Waals surface area contributed by atoms with E-state index in [4.69, 9.17) is 9.47 Å². The number of fused-ring (bicyclic) bond motifs is 1. The van der Waals surface area contributed by atoms with Crippen molar-refractivity contribution in [2.24, 2.45) is 10.9 Å². The van der Waals surface area contributed by atoms with Gasteiger partial charge in [0, 0.05) is 13.0 Å².